The summed E-state index contributed by atoms with van der Waals surface area (Å²) in [5.74, 6) is 1.38. The standard InChI is InChI=1S/C17H18ClNO4/c1-11(23-14-6-4-5-12(18)9-14)17(20)19-13-7-8-15(21-2)16(10-13)22-3/h4-11H,1-3H3,(H,19,20). The fraction of sp³-hybridized carbons (Fsp3) is 0.235. The second-order valence-electron chi connectivity index (χ2n) is 4.78. The van der Waals surface area contributed by atoms with Gasteiger partial charge in [0.05, 0.1) is 14.2 Å². The summed E-state index contributed by atoms with van der Waals surface area (Å²) >= 11 is 5.89. The minimum absolute atomic E-state index is 0.280. The average molecular weight is 336 g/mol. The molecule has 0 bridgehead atoms. The van der Waals surface area contributed by atoms with Crippen LogP contribution in [0.15, 0.2) is 42.5 Å². The van der Waals surface area contributed by atoms with E-state index < -0.39 is 6.10 Å². The molecule has 0 radical (unpaired) electrons. The molecular formula is C17H18ClNO4. The Kier molecular flexibility index (Phi) is 5.71. The van der Waals surface area contributed by atoms with Crippen LogP contribution in [-0.2, 0) is 4.79 Å². The van der Waals surface area contributed by atoms with Crippen molar-refractivity contribution >= 4 is 23.2 Å². The van der Waals surface area contributed by atoms with E-state index in [0.29, 0.717) is 28.0 Å². The number of benzene rings is 2. The third-order valence-corrected chi connectivity index (χ3v) is 3.36. The number of hydrogen-bond donors (Lipinski definition) is 1. The summed E-state index contributed by atoms with van der Waals surface area (Å²) in [6.45, 7) is 1.66. The Hall–Kier alpha value is -2.40. The van der Waals surface area contributed by atoms with Crippen LogP contribution in [0.25, 0.3) is 0 Å². The van der Waals surface area contributed by atoms with Crippen LogP contribution in [0.5, 0.6) is 17.2 Å². The number of rotatable bonds is 6. The second kappa shape index (κ2) is 7.74. The van der Waals surface area contributed by atoms with E-state index in [4.69, 9.17) is 25.8 Å². The number of anilines is 1. The van der Waals surface area contributed by atoms with Crippen molar-refractivity contribution < 1.29 is 19.0 Å². The predicted octanol–water partition coefficient (Wildman–Crippen LogP) is 3.76. The predicted molar refractivity (Wildman–Crippen MR) is 89.7 cm³/mol. The summed E-state index contributed by atoms with van der Waals surface area (Å²) < 4.78 is 15.9. The molecule has 1 amide bonds. The molecule has 1 N–H and O–H groups in total. The third-order valence-electron chi connectivity index (χ3n) is 3.13. The first-order chi connectivity index (χ1) is 11.0. The minimum Gasteiger partial charge on any atom is -0.493 e. The summed E-state index contributed by atoms with van der Waals surface area (Å²) in [6.07, 6.45) is -0.679. The van der Waals surface area contributed by atoms with Crippen LogP contribution < -0.4 is 19.5 Å². The van der Waals surface area contributed by atoms with Gasteiger partial charge in [-0.3, -0.25) is 4.79 Å². The number of carbonyl (C=O) groups excluding carboxylic acids is 1. The summed E-state index contributed by atoms with van der Waals surface area (Å²) in [6, 6.07) is 12.0. The Morgan fingerprint density at radius 2 is 1.83 bits per heavy atom. The Bertz CT molecular complexity index is 690. The molecule has 0 aliphatic heterocycles. The molecule has 0 spiro atoms. The van der Waals surface area contributed by atoms with Crippen LogP contribution in [0.1, 0.15) is 6.92 Å². The van der Waals surface area contributed by atoms with Crippen molar-refractivity contribution in [2.75, 3.05) is 19.5 Å². The maximum absolute atomic E-state index is 12.2. The van der Waals surface area contributed by atoms with E-state index in [1.54, 1.807) is 56.5 Å². The molecule has 0 heterocycles. The zero-order valence-corrected chi connectivity index (χ0v) is 13.9. The van der Waals surface area contributed by atoms with Crippen molar-refractivity contribution in [3.8, 4) is 17.2 Å². The van der Waals surface area contributed by atoms with Gasteiger partial charge in [-0.05, 0) is 37.3 Å². The number of hydrogen-bond acceptors (Lipinski definition) is 4. The molecular weight excluding hydrogens is 318 g/mol. The van der Waals surface area contributed by atoms with Crippen molar-refractivity contribution in [3.63, 3.8) is 0 Å². The second-order valence-corrected chi connectivity index (χ2v) is 5.21. The van der Waals surface area contributed by atoms with Gasteiger partial charge in [0.15, 0.2) is 17.6 Å². The van der Waals surface area contributed by atoms with E-state index in [1.807, 2.05) is 0 Å². The third kappa shape index (κ3) is 4.53. The Morgan fingerprint density at radius 1 is 1.09 bits per heavy atom. The van der Waals surface area contributed by atoms with Gasteiger partial charge in [-0.2, -0.15) is 0 Å². The Balaban J connectivity index is 2.03. The smallest absolute Gasteiger partial charge is 0.265 e. The van der Waals surface area contributed by atoms with E-state index in [1.165, 1.54) is 7.11 Å². The van der Waals surface area contributed by atoms with Crippen molar-refractivity contribution in [2.45, 2.75) is 13.0 Å². The van der Waals surface area contributed by atoms with E-state index >= 15 is 0 Å². The van der Waals surface area contributed by atoms with Gasteiger partial charge < -0.3 is 19.5 Å². The molecule has 2 rings (SSSR count). The SMILES string of the molecule is COc1ccc(NC(=O)C(C)Oc2cccc(Cl)c2)cc1OC. The monoisotopic (exact) mass is 335 g/mol. The first-order valence-corrected chi connectivity index (χ1v) is 7.36. The molecule has 0 aliphatic rings. The molecule has 23 heavy (non-hydrogen) atoms. The normalized spacial score (nSPS) is 11.5. The molecule has 0 aliphatic carbocycles. The average Bonchev–Trinajstić information content (AvgIpc) is 2.54. The van der Waals surface area contributed by atoms with Gasteiger partial charge in [0, 0.05) is 16.8 Å². The Morgan fingerprint density at radius 3 is 2.48 bits per heavy atom. The summed E-state index contributed by atoms with van der Waals surface area (Å²) in [5.41, 5.74) is 0.592. The molecule has 2 aromatic rings. The molecule has 0 saturated carbocycles. The zero-order chi connectivity index (χ0) is 16.8. The van der Waals surface area contributed by atoms with Gasteiger partial charge >= 0.3 is 0 Å². The van der Waals surface area contributed by atoms with Crippen LogP contribution in [0, 0.1) is 0 Å². The summed E-state index contributed by atoms with van der Waals surface area (Å²) in [5, 5.41) is 3.32. The van der Waals surface area contributed by atoms with Gasteiger partial charge in [-0.25, -0.2) is 0 Å². The fourth-order valence-corrected chi connectivity index (χ4v) is 2.14. The highest BCUT2D eigenvalue weighted by atomic mass is 35.5. The number of ether oxygens (including phenoxy) is 3. The van der Waals surface area contributed by atoms with Gasteiger partial charge in [-0.15, -0.1) is 0 Å². The molecule has 0 aromatic heterocycles. The number of nitrogens with one attached hydrogen (secondary N) is 1. The van der Waals surface area contributed by atoms with Crippen molar-refractivity contribution in [3.05, 3.63) is 47.5 Å². The fourth-order valence-electron chi connectivity index (χ4n) is 1.96. The maximum atomic E-state index is 12.2. The lowest BCUT2D eigenvalue weighted by molar-refractivity contribution is -0.122. The van der Waals surface area contributed by atoms with Crippen molar-refractivity contribution in [1.82, 2.24) is 0 Å². The summed E-state index contributed by atoms with van der Waals surface area (Å²) in [4.78, 5) is 12.2. The van der Waals surface area contributed by atoms with E-state index in [-0.39, 0.29) is 5.91 Å². The summed E-state index contributed by atoms with van der Waals surface area (Å²) in [7, 11) is 3.09. The molecule has 6 heteroatoms. The highest BCUT2D eigenvalue weighted by Gasteiger charge is 2.16. The van der Waals surface area contributed by atoms with E-state index in [0.717, 1.165) is 0 Å². The lowest BCUT2D eigenvalue weighted by atomic mass is 10.2. The molecule has 1 atom stereocenters. The highest BCUT2D eigenvalue weighted by molar-refractivity contribution is 6.30. The topological polar surface area (TPSA) is 56.8 Å². The molecule has 2 aromatic carbocycles. The first-order valence-electron chi connectivity index (χ1n) is 6.98. The Labute approximate surface area is 140 Å². The number of amides is 1. The van der Waals surface area contributed by atoms with E-state index in [2.05, 4.69) is 5.32 Å². The van der Waals surface area contributed by atoms with Gasteiger partial charge in [0.2, 0.25) is 0 Å². The minimum atomic E-state index is -0.679. The zero-order valence-electron chi connectivity index (χ0n) is 13.1. The van der Waals surface area contributed by atoms with Gasteiger partial charge in [-0.1, -0.05) is 17.7 Å². The van der Waals surface area contributed by atoms with Crippen molar-refractivity contribution in [2.24, 2.45) is 0 Å². The van der Waals surface area contributed by atoms with Gasteiger partial charge in [0.25, 0.3) is 5.91 Å². The van der Waals surface area contributed by atoms with Crippen LogP contribution in [-0.4, -0.2) is 26.2 Å². The van der Waals surface area contributed by atoms with Crippen LogP contribution >= 0.6 is 11.6 Å². The lowest BCUT2D eigenvalue weighted by Crippen LogP contribution is -2.30. The number of carbonyl (C=O) groups is 1. The maximum Gasteiger partial charge on any atom is 0.265 e. The largest absolute Gasteiger partial charge is 0.493 e. The first kappa shape index (κ1) is 17.0. The molecule has 122 valence electrons. The number of methoxy groups -OCH3 is 2. The van der Waals surface area contributed by atoms with Crippen molar-refractivity contribution in [1.29, 1.82) is 0 Å². The lowest BCUT2D eigenvalue weighted by Gasteiger charge is -2.16. The number of halogens is 1. The van der Waals surface area contributed by atoms with Crippen LogP contribution in [0.4, 0.5) is 5.69 Å². The molecule has 0 fully saturated rings. The van der Waals surface area contributed by atoms with Gasteiger partial charge in [0.1, 0.15) is 5.75 Å². The van der Waals surface area contributed by atoms with Crippen LogP contribution in [0.3, 0.4) is 0 Å². The highest BCUT2D eigenvalue weighted by Crippen LogP contribution is 2.29. The molecule has 5 nitrogen and oxygen atoms in total. The van der Waals surface area contributed by atoms with Crippen LogP contribution in [0.2, 0.25) is 5.02 Å². The molecule has 1 unspecified atom stereocenters. The molecule has 0 saturated heterocycles. The van der Waals surface area contributed by atoms with E-state index in [9.17, 15) is 4.79 Å². The quantitative estimate of drug-likeness (QED) is 0.873.